The number of hydrogen-bond acceptors (Lipinski definition) is 6. The Hall–Kier alpha value is -2.24. The predicted molar refractivity (Wildman–Crippen MR) is 104 cm³/mol. The first kappa shape index (κ1) is 17.2. The molecule has 6 nitrogen and oxygen atoms in total. The smallest absolute Gasteiger partial charge is 0.179 e. The Labute approximate surface area is 155 Å². The third kappa shape index (κ3) is 3.02. The maximum Gasteiger partial charge on any atom is 0.179 e. The minimum Gasteiger partial charge on any atom is -0.309 e. The van der Waals surface area contributed by atoms with E-state index in [1.807, 2.05) is 42.5 Å². The average molecular weight is 370 g/mol. The molecule has 2 aliphatic heterocycles. The quantitative estimate of drug-likeness (QED) is 0.804. The van der Waals surface area contributed by atoms with E-state index in [1.54, 1.807) is 13.5 Å². The zero-order valence-electron chi connectivity index (χ0n) is 14.4. The van der Waals surface area contributed by atoms with Gasteiger partial charge in [0.1, 0.15) is 0 Å². The van der Waals surface area contributed by atoms with E-state index in [1.165, 1.54) is 0 Å². The molecule has 0 radical (unpaired) electrons. The standard InChI is InChI=1S/C19H22N4O2S/c20-15-21-11-10-19(14-21)23-13-12-22(26(23,24)25)18-8-6-17(7-9-18)16-4-2-1-3-5-16/h1-9,19,24-25H,10-14H2. The van der Waals surface area contributed by atoms with Gasteiger partial charge in [-0.05, 0) is 29.7 Å². The monoisotopic (exact) mass is 370 g/mol. The van der Waals surface area contributed by atoms with Gasteiger partial charge in [0.15, 0.2) is 6.19 Å². The number of likely N-dealkylation sites (tertiary alicyclic amines) is 1. The molecule has 0 saturated carbocycles. The molecule has 0 spiro atoms. The van der Waals surface area contributed by atoms with E-state index in [-0.39, 0.29) is 6.04 Å². The number of benzene rings is 2. The van der Waals surface area contributed by atoms with Crippen molar-refractivity contribution in [2.75, 3.05) is 30.5 Å². The Morgan fingerprint density at radius 3 is 2.27 bits per heavy atom. The Kier molecular flexibility index (Phi) is 4.51. The van der Waals surface area contributed by atoms with Crippen LogP contribution >= 0.6 is 11.0 Å². The summed E-state index contributed by atoms with van der Waals surface area (Å²) >= 11 is 0. The fourth-order valence-corrected chi connectivity index (χ4v) is 5.62. The summed E-state index contributed by atoms with van der Waals surface area (Å²) < 4.78 is 25.2. The Bertz CT molecular complexity index is 807. The molecular formula is C19H22N4O2S. The van der Waals surface area contributed by atoms with Crippen LogP contribution in [0.2, 0.25) is 0 Å². The van der Waals surface area contributed by atoms with Gasteiger partial charge in [0.25, 0.3) is 0 Å². The van der Waals surface area contributed by atoms with Crippen molar-refractivity contribution < 1.29 is 9.11 Å². The molecule has 26 heavy (non-hydrogen) atoms. The van der Waals surface area contributed by atoms with Gasteiger partial charge in [-0.3, -0.25) is 13.4 Å². The second kappa shape index (κ2) is 6.82. The van der Waals surface area contributed by atoms with Gasteiger partial charge in [-0.15, -0.1) is 0 Å². The molecule has 2 heterocycles. The highest BCUT2D eigenvalue weighted by molar-refractivity contribution is 8.23. The summed E-state index contributed by atoms with van der Waals surface area (Å²) in [5, 5.41) is 9.04. The average Bonchev–Trinajstić information content (AvgIpc) is 3.26. The number of nitrogens with zero attached hydrogens (tertiary/aromatic N) is 4. The summed E-state index contributed by atoms with van der Waals surface area (Å²) in [5.74, 6) is 0. The van der Waals surface area contributed by atoms with Gasteiger partial charge in [0.05, 0.1) is 18.3 Å². The SMILES string of the molecule is N#CN1CCC(N2CCN(c3ccc(-c4ccccc4)cc3)S2(O)O)C1. The summed E-state index contributed by atoms with van der Waals surface area (Å²) in [6.45, 7) is 2.40. The largest absolute Gasteiger partial charge is 0.309 e. The van der Waals surface area contributed by atoms with Crippen molar-refractivity contribution in [3.8, 4) is 17.3 Å². The van der Waals surface area contributed by atoms with Crippen LogP contribution in [0.5, 0.6) is 0 Å². The van der Waals surface area contributed by atoms with Crippen molar-refractivity contribution in [3.05, 3.63) is 54.6 Å². The van der Waals surface area contributed by atoms with E-state index >= 15 is 0 Å². The molecule has 2 aromatic carbocycles. The lowest BCUT2D eigenvalue weighted by atomic mass is 10.1. The fraction of sp³-hybridized carbons (Fsp3) is 0.316. The van der Waals surface area contributed by atoms with Crippen molar-refractivity contribution in [2.24, 2.45) is 0 Å². The summed E-state index contributed by atoms with van der Waals surface area (Å²) in [5.41, 5.74) is 3.04. The second-order valence-corrected chi connectivity index (χ2v) is 8.52. The zero-order chi connectivity index (χ0) is 18.1. The van der Waals surface area contributed by atoms with Crippen LogP contribution in [0.25, 0.3) is 11.1 Å². The van der Waals surface area contributed by atoms with Crippen molar-refractivity contribution in [3.63, 3.8) is 0 Å². The highest BCUT2D eigenvalue weighted by atomic mass is 32.3. The highest BCUT2D eigenvalue weighted by Gasteiger charge is 2.43. The minimum atomic E-state index is -3.04. The van der Waals surface area contributed by atoms with Crippen LogP contribution in [0.4, 0.5) is 5.69 Å². The lowest BCUT2D eigenvalue weighted by molar-refractivity contribution is 0.310. The maximum atomic E-state index is 10.9. The summed E-state index contributed by atoms with van der Waals surface area (Å²) in [7, 11) is -3.04. The van der Waals surface area contributed by atoms with Crippen molar-refractivity contribution in [1.82, 2.24) is 9.21 Å². The molecule has 0 bridgehead atoms. The molecule has 2 aliphatic rings. The molecular weight excluding hydrogens is 348 g/mol. The van der Waals surface area contributed by atoms with Crippen LogP contribution in [-0.2, 0) is 0 Å². The van der Waals surface area contributed by atoms with Crippen LogP contribution in [0.3, 0.4) is 0 Å². The number of nitriles is 1. The third-order valence-corrected chi connectivity index (χ3v) is 7.20. The van der Waals surface area contributed by atoms with Crippen molar-refractivity contribution in [2.45, 2.75) is 12.5 Å². The lowest BCUT2D eigenvalue weighted by Crippen LogP contribution is -2.38. The van der Waals surface area contributed by atoms with Crippen molar-refractivity contribution >= 4 is 16.6 Å². The van der Waals surface area contributed by atoms with Crippen LogP contribution in [0.15, 0.2) is 54.6 Å². The van der Waals surface area contributed by atoms with Gasteiger partial charge in [-0.1, -0.05) is 53.4 Å². The molecule has 2 saturated heterocycles. The normalized spacial score (nSPS) is 23.8. The molecule has 4 rings (SSSR count). The molecule has 0 amide bonds. The van der Waals surface area contributed by atoms with Crippen LogP contribution in [0, 0.1) is 11.5 Å². The minimum absolute atomic E-state index is 0.00763. The Balaban J connectivity index is 1.52. The molecule has 1 unspecified atom stereocenters. The number of anilines is 1. The first-order valence-corrected chi connectivity index (χ1v) is 10.2. The van der Waals surface area contributed by atoms with E-state index in [9.17, 15) is 9.11 Å². The molecule has 2 fully saturated rings. The fourth-order valence-electron chi connectivity index (χ4n) is 3.73. The summed E-state index contributed by atoms with van der Waals surface area (Å²) in [6, 6.07) is 18.0. The lowest BCUT2D eigenvalue weighted by Gasteiger charge is -2.45. The van der Waals surface area contributed by atoms with E-state index in [0.717, 1.165) is 23.2 Å². The molecule has 0 aromatic heterocycles. The molecule has 136 valence electrons. The van der Waals surface area contributed by atoms with Gasteiger partial charge in [0.2, 0.25) is 0 Å². The molecule has 1 atom stereocenters. The Morgan fingerprint density at radius 1 is 0.923 bits per heavy atom. The van der Waals surface area contributed by atoms with Crippen LogP contribution < -0.4 is 4.31 Å². The molecule has 2 aromatic rings. The second-order valence-electron chi connectivity index (χ2n) is 6.63. The van der Waals surface area contributed by atoms with Crippen molar-refractivity contribution in [1.29, 1.82) is 5.26 Å². The number of rotatable bonds is 3. The summed E-state index contributed by atoms with van der Waals surface area (Å²) in [6.07, 6.45) is 2.93. The first-order valence-electron chi connectivity index (χ1n) is 8.72. The third-order valence-electron chi connectivity index (χ3n) is 5.11. The van der Waals surface area contributed by atoms with Gasteiger partial charge in [0, 0.05) is 19.6 Å². The summed E-state index contributed by atoms with van der Waals surface area (Å²) in [4.78, 5) is 1.68. The maximum absolute atomic E-state index is 10.9. The molecule has 2 N–H and O–H groups in total. The van der Waals surface area contributed by atoms with Crippen LogP contribution in [-0.4, -0.2) is 50.5 Å². The topological polar surface area (TPSA) is 74.0 Å². The van der Waals surface area contributed by atoms with Gasteiger partial charge >= 0.3 is 0 Å². The highest BCUT2D eigenvalue weighted by Crippen LogP contribution is 2.55. The Morgan fingerprint density at radius 2 is 1.62 bits per heavy atom. The van der Waals surface area contributed by atoms with E-state index < -0.39 is 11.0 Å². The van der Waals surface area contributed by atoms with Crippen LogP contribution in [0.1, 0.15) is 6.42 Å². The molecule has 7 heteroatoms. The van der Waals surface area contributed by atoms with Gasteiger partial charge in [-0.25, -0.2) is 0 Å². The van der Waals surface area contributed by atoms with Gasteiger partial charge < -0.3 is 4.90 Å². The van der Waals surface area contributed by atoms with E-state index in [2.05, 4.69) is 18.3 Å². The number of hydrogen-bond donors (Lipinski definition) is 2. The van der Waals surface area contributed by atoms with E-state index in [0.29, 0.717) is 26.2 Å². The predicted octanol–water partition coefficient (Wildman–Crippen LogP) is 3.61. The van der Waals surface area contributed by atoms with E-state index in [4.69, 9.17) is 5.26 Å². The first-order chi connectivity index (χ1) is 12.6. The van der Waals surface area contributed by atoms with Gasteiger partial charge in [-0.2, -0.15) is 9.57 Å². The zero-order valence-corrected chi connectivity index (χ0v) is 15.2. The molecule has 0 aliphatic carbocycles.